The number of hydrazone groups is 1. The molecule has 0 saturated heterocycles. The Bertz CT molecular complexity index is 979. The van der Waals surface area contributed by atoms with Gasteiger partial charge in [-0.25, -0.2) is 0 Å². The van der Waals surface area contributed by atoms with Gasteiger partial charge in [-0.3, -0.25) is 15.0 Å². The SMILES string of the molecule is COc1ccc(NN=C(C(C)=O)C2=C(C(=O)Nc3ccc(OC)cc3)OCC2)cc1. The summed E-state index contributed by atoms with van der Waals surface area (Å²) >= 11 is 0. The first-order valence-corrected chi connectivity index (χ1v) is 9.32. The minimum Gasteiger partial charge on any atom is -0.497 e. The van der Waals surface area contributed by atoms with Crippen molar-refractivity contribution in [3.63, 3.8) is 0 Å². The number of ether oxygens (including phenoxy) is 3. The molecule has 156 valence electrons. The predicted molar refractivity (Wildman–Crippen MR) is 114 cm³/mol. The number of Topliss-reactive ketones (excluding diaryl/α,β-unsaturated/α-hetero) is 1. The zero-order valence-corrected chi connectivity index (χ0v) is 17.0. The van der Waals surface area contributed by atoms with Crippen molar-refractivity contribution in [2.75, 3.05) is 31.6 Å². The zero-order chi connectivity index (χ0) is 21.5. The molecule has 2 N–H and O–H groups in total. The van der Waals surface area contributed by atoms with Gasteiger partial charge in [-0.1, -0.05) is 0 Å². The molecule has 1 aliphatic rings. The van der Waals surface area contributed by atoms with E-state index in [4.69, 9.17) is 14.2 Å². The van der Waals surface area contributed by atoms with E-state index in [9.17, 15) is 9.59 Å². The van der Waals surface area contributed by atoms with Crippen LogP contribution in [0.1, 0.15) is 13.3 Å². The third kappa shape index (κ3) is 4.96. The Morgan fingerprint density at radius 2 is 1.50 bits per heavy atom. The largest absolute Gasteiger partial charge is 0.497 e. The minimum absolute atomic E-state index is 0.0938. The molecule has 30 heavy (non-hydrogen) atoms. The maximum atomic E-state index is 12.7. The van der Waals surface area contributed by atoms with Gasteiger partial charge >= 0.3 is 0 Å². The van der Waals surface area contributed by atoms with Crippen LogP contribution in [0.15, 0.2) is 65.0 Å². The van der Waals surface area contributed by atoms with Gasteiger partial charge in [0.15, 0.2) is 11.5 Å². The number of benzene rings is 2. The Kier molecular flexibility index (Phi) is 6.69. The van der Waals surface area contributed by atoms with Crippen LogP contribution in [0.5, 0.6) is 11.5 Å². The first-order chi connectivity index (χ1) is 14.5. The molecular weight excluding hydrogens is 386 g/mol. The summed E-state index contributed by atoms with van der Waals surface area (Å²) in [5.74, 6) is 0.773. The van der Waals surface area contributed by atoms with Crippen LogP contribution in [0.2, 0.25) is 0 Å². The average Bonchev–Trinajstić information content (AvgIpc) is 3.24. The molecule has 0 fully saturated rings. The Labute approximate surface area is 174 Å². The number of anilines is 2. The van der Waals surface area contributed by atoms with E-state index in [-0.39, 0.29) is 17.3 Å². The minimum atomic E-state index is -0.439. The van der Waals surface area contributed by atoms with Crippen molar-refractivity contribution in [2.45, 2.75) is 13.3 Å². The number of methoxy groups -OCH3 is 2. The number of ketones is 1. The summed E-state index contributed by atoms with van der Waals surface area (Å²) in [6, 6.07) is 14.0. The molecule has 1 amide bonds. The smallest absolute Gasteiger partial charge is 0.291 e. The summed E-state index contributed by atoms with van der Waals surface area (Å²) in [6.45, 7) is 1.70. The van der Waals surface area contributed by atoms with E-state index in [1.807, 2.05) is 0 Å². The molecule has 0 unspecified atom stereocenters. The summed E-state index contributed by atoms with van der Waals surface area (Å²) in [5, 5.41) is 7.00. The van der Waals surface area contributed by atoms with Crippen LogP contribution < -0.4 is 20.2 Å². The Morgan fingerprint density at radius 3 is 2.03 bits per heavy atom. The monoisotopic (exact) mass is 409 g/mol. The number of nitrogens with one attached hydrogen (secondary N) is 2. The van der Waals surface area contributed by atoms with E-state index in [0.717, 1.165) is 0 Å². The third-order valence-electron chi connectivity index (χ3n) is 4.43. The maximum absolute atomic E-state index is 12.7. The molecule has 3 rings (SSSR count). The van der Waals surface area contributed by atoms with Crippen LogP contribution in [-0.2, 0) is 14.3 Å². The normalized spacial score (nSPS) is 13.5. The van der Waals surface area contributed by atoms with Gasteiger partial charge in [-0.05, 0) is 48.5 Å². The predicted octanol–water partition coefficient (Wildman–Crippen LogP) is 3.37. The van der Waals surface area contributed by atoms with Gasteiger partial charge in [0.1, 0.15) is 17.2 Å². The van der Waals surface area contributed by atoms with Crippen molar-refractivity contribution in [3.8, 4) is 11.5 Å². The lowest BCUT2D eigenvalue weighted by Gasteiger charge is -2.10. The van der Waals surface area contributed by atoms with Gasteiger partial charge in [0.05, 0.1) is 26.5 Å². The molecule has 0 aliphatic carbocycles. The Hall–Kier alpha value is -3.81. The molecule has 1 heterocycles. The number of amides is 1. The van der Waals surface area contributed by atoms with E-state index in [2.05, 4.69) is 15.8 Å². The second-order valence-corrected chi connectivity index (χ2v) is 6.45. The van der Waals surface area contributed by atoms with E-state index in [1.54, 1.807) is 62.8 Å². The maximum Gasteiger partial charge on any atom is 0.291 e. The van der Waals surface area contributed by atoms with Crippen molar-refractivity contribution < 1.29 is 23.8 Å². The fourth-order valence-electron chi connectivity index (χ4n) is 2.89. The van der Waals surface area contributed by atoms with Crippen LogP contribution in [0.3, 0.4) is 0 Å². The van der Waals surface area contributed by atoms with Gasteiger partial charge < -0.3 is 19.5 Å². The van der Waals surface area contributed by atoms with Crippen LogP contribution in [0.4, 0.5) is 11.4 Å². The molecule has 0 radical (unpaired) electrons. The molecule has 0 spiro atoms. The van der Waals surface area contributed by atoms with Crippen LogP contribution >= 0.6 is 0 Å². The van der Waals surface area contributed by atoms with Gasteiger partial charge in [-0.15, -0.1) is 0 Å². The van der Waals surface area contributed by atoms with Gasteiger partial charge in [0.2, 0.25) is 0 Å². The molecule has 0 atom stereocenters. The highest BCUT2D eigenvalue weighted by Gasteiger charge is 2.28. The first-order valence-electron chi connectivity index (χ1n) is 9.32. The Balaban J connectivity index is 1.80. The highest BCUT2D eigenvalue weighted by atomic mass is 16.5. The van der Waals surface area contributed by atoms with Crippen molar-refractivity contribution in [3.05, 3.63) is 59.9 Å². The Morgan fingerprint density at radius 1 is 0.933 bits per heavy atom. The summed E-state index contributed by atoms with van der Waals surface area (Å²) in [6.07, 6.45) is 0.411. The molecule has 1 aliphatic heterocycles. The second kappa shape index (κ2) is 9.60. The van der Waals surface area contributed by atoms with E-state index in [0.29, 0.717) is 41.5 Å². The van der Waals surface area contributed by atoms with Gasteiger partial charge in [0.25, 0.3) is 5.91 Å². The standard InChI is InChI=1S/C22H23N3O5/c1-14(26)20(25-24-16-6-10-18(29-3)11-7-16)19-12-13-30-21(19)22(27)23-15-4-8-17(28-2)9-5-15/h4-11,24H,12-13H2,1-3H3,(H,23,27). The lowest BCUT2D eigenvalue weighted by Crippen LogP contribution is -2.21. The summed E-state index contributed by atoms with van der Waals surface area (Å²) in [7, 11) is 3.15. The molecule has 8 nitrogen and oxygen atoms in total. The lowest BCUT2D eigenvalue weighted by molar-refractivity contribution is -0.115. The first kappa shape index (κ1) is 20.9. The lowest BCUT2D eigenvalue weighted by atomic mass is 10.0. The number of hydrogen-bond acceptors (Lipinski definition) is 7. The fraction of sp³-hybridized carbons (Fsp3) is 0.227. The molecule has 0 bridgehead atoms. The summed E-state index contributed by atoms with van der Waals surface area (Å²) in [4.78, 5) is 24.9. The van der Waals surface area contributed by atoms with Crippen LogP contribution in [-0.4, -0.2) is 38.2 Å². The molecule has 0 aromatic heterocycles. The van der Waals surface area contributed by atoms with Crippen molar-refractivity contribution in [2.24, 2.45) is 5.10 Å². The number of carbonyl (C=O) groups is 2. The highest BCUT2D eigenvalue weighted by molar-refractivity contribution is 6.46. The van der Waals surface area contributed by atoms with E-state index >= 15 is 0 Å². The molecule has 2 aromatic rings. The van der Waals surface area contributed by atoms with Crippen molar-refractivity contribution >= 4 is 28.8 Å². The molecule has 2 aromatic carbocycles. The summed E-state index contributed by atoms with van der Waals surface area (Å²) in [5.41, 5.74) is 4.74. The second-order valence-electron chi connectivity index (χ2n) is 6.45. The van der Waals surface area contributed by atoms with Crippen LogP contribution in [0, 0.1) is 0 Å². The number of rotatable bonds is 8. The molecule has 8 heteroatoms. The highest BCUT2D eigenvalue weighted by Crippen LogP contribution is 2.24. The van der Waals surface area contributed by atoms with Crippen LogP contribution in [0.25, 0.3) is 0 Å². The number of nitrogens with zero attached hydrogens (tertiary/aromatic N) is 1. The quantitative estimate of drug-likeness (QED) is 0.512. The zero-order valence-electron chi connectivity index (χ0n) is 17.0. The third-order valence-corrected chi connectivity index (χ3v) is 4.43. The van der Waals surface area contributed by atoms with E-state index in [1.165, 1.54) is 6.92 Å². The van der Waals surface area contributed by atoms with Crippen molar-refractivity contribution in [1.82, 2.24) is 0 Å². The van der Waals surface area contributed by atoms with Gasteiger partial charge in [-0.2, -0.15) is 5.10 Å². The molecule has 0 saturated carbocycles. The number of hydrogen-bond donors (Lipinski definition) is 2. The topological polar surface area (TPSA) is 98.2 Å². The van der Waals surface area contributed by atoms with Gasteiger partial charge in [0, 0.05) is 24.6 Å². The van der Waals surface area contributed by atoms with E-state index < -0.39 is 5.91 Å². The summed E-state index contributed by atoms with van der Waals surface area (Å²) < 4.78 is 15.8. The number of carbonyl (C=O) groups excluding carboxylic acids is 2. The fourth-order valence-corrected chi connectivity index (χ4v) is 2.89. The molecular formula is C22H23N3O5. The average molecular weight is 409 g/mol. The van der Waals surface area contributed by atoms with Crippen molar-refractivity contribution in [1.29, 1.82) is 0 Å².